The summed E-state index contributed by atoms with van der Waals surface area (Å²) in [5.41, 5.74) is 2.34. The Balaban J connectivity index is 2.07. The number of nitrogens with zero attached hydrogens (tertiary/aromatic N) is 1. The number of aryl methyl sites for hydroxylation is 1. The van der Waals surface area contributed by atoms with E-state index in [0.717, 1.165) is 23.0 Å². The van der Waals surface area contributed by atoms with Gasteiger partial charge in [0.15, 0.2) is 0 Å². The maximum atomic E-state index is 5.96. The minimum absolute atomic E-state index is 0.462. The molecule has 0 fully saturated rings. The Morgan fingerprint density at radius 1 is 1.30 bits per heavy atom. The third-order valence-electron chi connectivity index (χ3n) is 3.17. The zero-order valence-electron chi connectivity index (χ0n) is 12.6. The Kier molecular flexibility index (Phi) is 5.15. The predicted molar refractivity (Wildman–Crippen MR) is 84.5 cm³/mol. The van der Waals surface area contributed by atoms with E-state index in [1.807, 2.05) is 19.2 Å². The Labute approximate surface area is 125 Å². The molecule has 0 radical (unpaired) electrons. The minimum atomic E-state index is 0.462. The SMILES string of the molecule is CNCc1sc(COc2ccccc2C(C)C)nc1C. The summed E-state index contributed by atoms with van der Waals surface area (Å²) in [6, 6.07) is 8.23. The van der Waals surface area contributed by atoms with Gasteiger partial charge in [0.05, 0.1) is 5.69 Å². The lowest BCUT2D eigenvalue weighted by Crippen LogP contribution is -2.04. The topological polar surface area (TPSA) is 34.1 Å². The summed E-state index contributed by atoms with van der Waals surface area (Å²) in [5.74, 6) is 1.43. The lowest BCUT2D eigenvalue weighted by Gasteiger charge is -2.12. The van der Waals surface area contributed by atoms with E-state index in [-0.39, 0.29) is 0 Å². The first-order valence-corrected chi connectivity index (χ1v) is 7.75. The maximum absolute atomic E-state index is 5.96. The number of nitrogens with one attached hydrogen (secondary N) is 1. The van der Waals surface area contributed by atoms with Crippen molar-refractivity contribution in [1.29, 1.82) is 0 Å². The third-order valence-corrected chi connectivity index (χ3v) is 4.30. The first-order chi connectivity index (χ1) is 9.61. The van der Waals surface area contributed by atoms with Crippen molar-refractivity contribution in [2.75, 3.05) is 7.05 Å². The van der Waals surface area contributed by atoms with E-state index in [4.69, 9.17) is 4.74 Å². The van der Waals surface area contributed by atoms with Crippen LogP contribution in [0.1, 0.15) is 40.9 Å². The van der Waals surface area contributed by atoms with Crippen molar-refractivity contribution in [3.05, 3.63) is 45.4 Å². The summed E-state index contributed by atoms with van der Waals surface area (Å²) in [7, 11) is 1.95. The molecule has 0 aliphatic carbocycles. The van der Waals surface area contributed by atoms with E-state index >= 15 is 0 Å². The molecule has 1 aromatic carbocycles. The highest BCUT2D eigenvalue weighted by atomic mass is 32.1. The van der Waals surface area contributed by atoms with Gasteiger partial charge in [-0.05, 0) is 31.5 Å². The second kappa shape index (κ2) is 6.86. The second-order valence-electron chi connectivity index (χ2n) is 5.13. The van der Waals surface area contributed by atoms with Crippen molar-refractivity contribution in [3.63, 3.8) is 0 Å². The van der Waals surface area contributed by atoms with Gasteiger partial charge in [-0.15, -0.1) is 11.3 Å². The zero-order chi connectivity index (χ0) is 14.5. The van der Waals surface area contributed by atoms with E-state index in [9.17, 15) is 0 Å². The van der Waals surface area contributed by atoms with Gasteiger partial charge in [-0.1, -0.05) is 32.0 Å². The number of aromatic nitrogens is 1. The molecule has 0 spiro atoms. The fraction of sp³-hybridized carbons (Fsp3) is 0.438. The summed E-state index contributed by atoms with van der Waals surface area (Å²) in [4.78, 5) is 5.85. The molecule has 0 aliphatic heterocycles. The molecule has 0 unspecified atom stereocenters. The molecule has 0 aliphatic rings. The molecule has 1 N–H and O–H groups in total. The molecule has 0 atom stereocenters. The van der Waals surface area contributed by atoms with E-state index in [2.05, 4.69) is 43.2 Å². The average molecular weight is 290 g/mol. The van der Waals surface area contributed by atoms with Crippen LogP contribution >= 0.6 is 11.3 Å². The maximum Gasteiger partial charge on any atom is 0.140 e. The molecule has 0 saturated heterocycles. The molecule has 1 aromatic heterocycles. The summed E-state index contributed by atoms with van der Waals surface area (Å²) in [6.07, 6.45) is 0. The van der Waals surface area contributed by atoms with E-state index in [1.165, 1.54) is 10.4 Å². The van der Waals surface area contributed by atoms with Gasteiger partial charge in [0, 0.05) is 11.4 Å². The highest BCUT2D eigenvalue weighted by Crippen LogP contribution is 2.27. The lowest BCUT2D eigenvalue weighted by molar-refractivity contribution is 0.301. The first kappa shape index (κ1) is 15.0. The quantitative estimate of drug-likeness (QED) is 0.877. The van der Waals surface area contributed by atoms with Gasteiger partial charge in [0.1, 0.15) is 17.4 Å². The average Bonchev–Trinajstić information content (AvgIpc) is 2.78. The molecular weight excluding hydrogens is 268 g/mol. The molecule has 0 bridgehead atoms. The molecule has 0 amide bonds. The van der Waals surface area contributed by atoms with Crippen molar-refractivity contribution < 1.29 is 4.74 Å². The number of rotatable bonds is 6. The Bertz CT molecular complexity index is 563. The smallest absolute Gasteiger partial charge is 0.140 e. The van der Waals surface area contributed by atoms with Crippen molar-refractivity contribution in [2.45, 2.75) is 39.8 Å². The monoisotopic (exact) mass is 290 g/mol. The predicted octanol–water partition coefficient (Wildman–Crippen LogP) is 3.87. The van der Waals surface area contributed by atoms with E-state index in [0.29, 0.717) is 12.5 Å². The van der Waals surface area contributed by atoms with Crippen LogP contribution in [0.2, 0.25) is 0 Å². The molecule has 4 heteroatoms. The molecule has 0 saturated carbocycles. The molecule has 3 nitrogen and oxygen atoms in total. The highest BCUT2D eigenvalue weighted by molar-refractivity contribution is 7.11. The Morgan fingerprint density at radius 2 is 2.05 bits per heavy atom. The van der Waals surface area contributed by atoms with Crippen LogP contribution in [0, 0.1) is 6.92 Å². The van der Waals surface area contributed by atoms with Gasteiger partial charge < -0.3 is 10.1 Å². The third kappa shape index (κ3) is 3.58. The Morgan fingerprint density at radius 3 is 2.75 bits per heavy atom. The van der Waals surface area contributed by atoms with Crippen molar-refractivity contribution in [2.24, 2.45) is 0 Å². The fourth-order valence-electron chi connectivity index (χ4n) is 2.10. The molecule has 20 heavy (non-hydrogen) atoms. The van der Waals surface area contributed by atoms with Crippen LogP contribution < -0.4 is 10.1 Å². The van der Waals surface area contributed by atoms with Gasteiger partial charge in [-0.3, -0.25) is 0 Å². The van der Waals surface area contributed by atoms with Crippen LogP contribution in [-0.2, 0) is 13.2 Å². The number of hydrogen-bond donors (Lipinski definition) is 1. The molecule has 1 heterocycles. The number of ether oxygens (including phenoxy) is 1. The molecule has 108 valence electrons. The molecular formula is C16H22N2OS. The Hall–Kier alpha value is -1.39. The van der Waals surface area contributed by atoms with E-state index < -0.39 is 0 Å². The largest absolute Gasteiger partial charge is 0.486 e. The normalized spacial score (nSPS) is 11.1. The number of thiazole rings is 1. The minimum Gasteiger partial charge on any atom is -0.486 e. The van der Waals surface area contributed by atoms with Crippen LogP contribution in [-0.4, -0.2) is 12.0 Å². The summed E-state index contributed by atoms with van der Waals surface area (Å²) in [6.45, 7) is 7.82. The van der Waals surface area contributed by atoms with Gasteiger partial charge >= 0.3 is 0 Å². The van der Waals surface area contributed by atoms with Crippen molar-refractivity contribution in [1.82, 2.24) is 10.3 Å². The number of benzene rings is 1. The van der Waals surface area contributed by atoms with Crippen LogP contribution in [0.4, 0.5) is 0 Å². The van der Waals surface area contributed by atoms with Gasteiger partial charge in [-0.2, -0.15) is 0 Å². The van der Waals surface area contributed by atoms with E-state index in [1.54, 1.807) is 11.3 Å². The summed E-state index contributed by atoms with van der Waals surface area (Å²) >= 11 is 1.72. The fourth-order valence-corrected chi connectivity index (χ4v) is 3.10. The lowest BCUT2D eigenvalue weighted by atomic mass is 10.0. The zero-order valence-corrected chi connectivity index (χ0v) is 13.4. The van der Waals surface area contributed by atoms with Crippen LogP contribution in [0.25, 0.3) is 0 Å². The first-order valence-electron chi connectivity index (χ1n) is 6.93. The number of para-hydroxylation sites is 1. The second-order valence-corrected chi connectivity index (χ2v) is 6.30. The standard InChI is InChI=1S/C16H22N2OS/c1-11(2)13-7-5-6-8-14(13)19-10-16-18-12(3)15(20-16)9-17-4/h5-8,11,17H,9-10H2,1-4H3. The summed E-state index contributed by atoms with van der Waals surface area (Å²) in [5, 5.41) is 4.20. The van der Waals surface area contributed by atoms with Gasteiger partial charge in [0.2, 0.25) is 0 Å². The molecule has 2 rings (SSSR count). The van der Waals surface area contributed by atoms with Crippen LogP contribution in [0.15, 0.2) is 24.3 Å². The van der Waals surface area contributed by atoms with Crippen LogP contribution in [0.3, 0.4) is 0 Å². The summed E-state index contributed by atoms with van der Waals surface area (Å²) < 4.78 is 5.96. The molecule has 2 aromatic rings. The van der Waals surface area contributed by atoms with Crippen molar-refractivity contribution >= 4 is 11.3 Å². The highest BCUT2D eigenvalue weighted by Gasteiger charge is 2.10. The van der Waals surface area contributed by atoms with Crippen LogP contribution in [0.5, 0.6) is 5.75 Å². The van der Waals surface area contributed by atoms with Gasteiger partial charge in [-0.25, -0.2) is 4.98 Å². The van der Waals surface area contributed by atoms with Gasteiger partial charge in [0.25, 0.3) is 0 Å². The van der Waals surface area contributed by atoms with Crippen molar-refractivity contribution in [3.8, 4) is 5.75 Å². The number of hydrogen-bond acceptors (Lipinski definition) is 4.